The molecule has 0 aromatic heterocycles. The molecular formula is C24H27F5N2O5S. The Morgan fingerprint density at radius 2 is 1.51 bits per heavy atom. The summed E-state index contributed by atoms with van der Waals surface area (Å²) in [5.41, 5.74) is -0.827. The monoisotopic (exact) mass is 550 g/mol. The number of hydrogen-bond acceptors (Lipinski definition) is 5. The third-order valence-electron chi connectivity index (χ3n) is 5.91. The van der Waals surface area contributed by atoms with Gasteiger partial charge in [-0.25, -0.2) is 17.2 Å². The maximum atomic E-state index is 13.7. The zero-order valence-electron chi connectivity index (χ0n) is 20.2. The minimum absolute atomic E-state index is 0.00733. The van der Waals surface area contributed by atoms with Gasteiger partial charge in [-0.05, 0) is 49.2 Å². The molecule has 0 spiro atoms. The van der Waals surface area contributed by atoms with E-state index in [9.17, 15) is 35.2 Å². The van der Waals surface area contributed by atoms with Gasteiger partial charge >= 0.3 is 6.36 Å². The minimum Gasteiger partial charge on any atom is -0.488 e. The zero-order valence-corrected chi connectivity index (χ0v) is 21.0. The number of sulfonamides is 1. The van der Waals surface area contributed by atoms with Crippen LogP contribution >= 0.6 is 0 Å². The first-order valence-electron chi connectivity index (χ1n) is 11.4. The van der Waals surface area contributed by atoms with Crippen molar-refractivity contribution >= 4 is 15.9 Å². The number of para-hydroxylation sites is 1. The third-order valence-corrected chi connectivity index (χ3v) is 7.82. The summed E-state index contributed by atoms with van der Waals surface area (Å²) in [6.45, 7) is 3.76. The van der Waals surface area contributed by atoms with Crippen molar-refractivity contribution in [2.45, 2.75) is 37.9 Å². The molecule has 0 aliphatic carbocycles. The van der Waals surface area contributed by atoms with Crippen LogP contribution in [0, 0.1) is 17.0 Å². The largest absolute Gasteiger partial charge is 0.573 e. The minimum atomic E-state index is -4.89. The molecule has 1 saturated heterocycles. The number of carbonyl (C=O) groups excluding carboxylic acids is 1. The fourth-order valence-electron chi connectivity index (χ4n) is 3.94. The number of halogens is 5. The lowest BCUT2D eigenvalue weighted by Gasteiger charge is -2.38. The van der Waals surface area contributed by atoms with Crippen LogP contribution in [0.2, 0.25) is 0 Å². The molecule has 1 amide bonds. The number of nitrogens with zero attached hydrogens (tertiary/aromatic N) is 2. The molecule has 1 aliphatic heterocycles. The van der Waals surface area contributed by atoms with Gasteiger partial charge < -0.3 is 14.4 Å². The van der Waals surface area contributed by atoms with Gasteiger partial charge in [0.1, 0.15) is 5.75 Å². The van der Waals surface area contributed by atoms with E-state index in [-0.39, 0.29) is 43.6 Å². The third kappa shape index (κ3) is 7.31. The Morgan fingerprint density at radius 1 is 0.946 bits per heavy atom. The van der Waals surface area contributed by atoms with Gasteiger partial charge in [0.25, 0.3) is 0 Å². The summed E-state index contributed by atoms with van der Waals surface area (Å²) in [4.78, 5) is 14.4. The summed E-state index contributed by atoms with van der Waals surface area (Å²) in [6.07, 6.45) is -4.16. The lowest BCUT2D eigenvalue weighted by Crippen LogP contribution is -2.53. The second kappa shape index (κ2) is 11.2. The van der Waals surface area contributed by atoms with Gasteiger partial charge in [0, 0.05) is 31.6 Å². The van der Waals surface area contributed by atoms with Crippen LogP contribution in [0.3, 0.4) is 0 Å². The summed E-state index contributed by atoms with van der Waals surface area (Å²) in [5.74, 6) is -2.82. The zero-order chi connectivity index (χ0) is 27.4. The predicted octanol–water partition coefficient (Wildman–Crippen LogP) is 4.58. The number of hydrogen-bond donors (Lipinski definition) is 0. The Morgan fingerprint density at radius 3 is 2.05 bits per heavy atom. The summed E-state index contributed by atoms with van der Waals surface area (Å²) in [5, 5.41) is 0. The molecule has 37 heavy (non-hydrogen) atoms. The molecule has 0 radical (unpaired) electrons. The van der Waals surface area contributed by atoms with Crippen molar-refractivity contribution in [3.8, 4) is 11.5 Å². The molecule has 1 aliphatic rings. The van der Waals surface area contributed by atoms with E-state index in [1.54, 1.807) is 18.7 Å². The number of piperazine rings is 1. The molecule has 3 rings (SSSR count). The van der Waals surface area contributed by atoms with E-state index in [1.165, 1.54) is 10.4 Å². The highest BCUT2D eigenvalue weighted by atomic mass is 32.2. The lowest BCUT2D eigenvalue weighted by atomic mass is 9.86. The number of carbonyl (C=O) groups is 1. The van der Waals surface area contributed by atoms with Crippen molar-refractivity contribution in [1.82, 2.24) is 9.21 Å². The van der Waals surface area contributed by atoms with Crippen molar-refractivity contribution in [2.75, 3.05) is 32.8 Å². The first kappa shape index (κ1) is 28.6. The van der Waals surface area contributed by atoms with Crippen LogP contribution in [0.25, 0.3) is 0 Å². The van der Waals surface area contributed by atoms with Gasteiger partial charge in [0.15, 0.2) is 17.4 Å². The second-order valence-corrected chi connectivity index (χ2v) is 11.0. The van der Waals surface area contributed by atoms with Crippen molar-refractivity contribution in [3.05, 3.63) is 54.1 Å². The molecule has 0 unspecified atom stereocenters. The molecule has 0 bridgehead atoms. The normalized spacial score (nSPS) is 15.5. The van der Waals surface area contributed by atoms with Gasteiger partial charge in [-0.1, -0.05) is 19.9 Å². The molecule has 2 aromatic carbocycles. The Labute approximate surface area is 211 Å². The molecule has 7 nitrogen and oxygen atoms in total. The smallest absolute Gasteiger partial charge is 0.488 e. The Kier molecular flexibility index (Phi) is 8.68. The highest BCUT2D eigenvalue weighted by molar-refractivity contribution is 7.89. The summed E-state index contributed by atoms with van der Waals surface area (Å²) >= 11 is 0. The first-order chi connectivity index (χ1) is 17.2. The average molecular weight is 551 g/mol. The standard InChI is InChI=1S/C24H27F5N2O5S/c1-23(2,11-4-16-35-21-19(25)5-3-6-20(21)26)22(32)30-12-14-31(15-13-30)37(33,34)18-9-7-17(8-10-18)36-24(27,28)29/h3,5-10H,4,11-16H2,1-2H3. The maximum Gasteiger partial charge on any atom is 0.573 e. The molecule has 0 N–H and O–H groups in total. The number of amides is 1. The van der Waals surface area contributed by atoms with Crippen LogP contribution in [0.4, 0.5) is 22.0 Å². The topological polar surface area (TPSA) is 76.2 Å². The van der Waals surface area contributed by atoms with Gasteiger partial charge in [-0.15, -0.1) is 13.2 Å². The van der Waals surface area contributed by atoms with Crippen LogP contribution in [0.5, 0.6) is 11.5 Å². The Balaban J connectivity index is 1.51. The van der Waals surface area contributed by atoms with E-state index in [2.05, 4.69) is 4.74 Å². The predicted molar refractivity (Wildman–Crippen MR) is 123 cm³/mol. The van der Waals surface area contributed by atoms with Crippen molar-refractivity contribution in [2.24, 2.45) is 5.41 Å². The number of rotatable bonds is 9. The molecule has 0 atom stereocenters. The molecule has 1 heterocycles. The van der Waals surface area contributed by atoms with Crippen LogP contribution < -0.4 is 9.47 Å². The number of ether oxygens (including phenoxy) is 2. The fraction of sp³-hybridized carbons (Fsp3) is 0.458. The second-order valence-electron chi connectivity index (χ2n) is 9.10. The number of alkyl halides is 3. The van der Waals surface area contributed by atoms with Crippen molar-refractivity contribution in [3.63, 3.8) is 0 Å². The van der Waals surface area contributed by atoms with E-state index in [1.807, 2.05) is 0 Å². The molecule has 204 valence electrons. The molecule has 13 heteroatoms. The maximum absolute atomic E-state index is 13.7. The SMILES string of the molecule is CC(C)(CCCOc1c(F)cccc1F)C(=O)N1CCN(S(=O)(=O)c2ccc(OC(F)(F)F)cc2)CC1. The number of benzene rings is 2. The Bertz CT molecular complexity index is 1170. The quantitative estimate of drug-likeness (QED) is 0.338. The van der Waals surface area contributed by atoms with Crippen LogP contribution in [-0.4, -0.2) is 62.7 Å². The van der Waals surface area contributed by atoms with E-state index >= 15 is 0 Å². The van der Waals surface area contributed by atoms with E-state index in [0.717, 1.165) is 36.4 Å². The first-order valence-corrected chi connectivity index (χ1v) is 12.9. The molecule has 2 aromatic rings. The molecule has 1 fully saturated rings. The van der Waals surface area contributed by atoms with Crippen LogP contribution in [0.15, 0.2) is 47.4 Å². The van der Waals surface area contributed by atoms with Gasteiger partial charge in [0.05, 0.1) is 11.5 Å². The van der Waals surface area contributed by atoms with Crippen LogP contribution in [-0.2, 0) is 14.8 Å². The van der Waals surface area contributed by atoms with E-state index < -0.39 is 44.9 Å². The fourth-order valence-corrected chi connectivity index (χ4v) is 5.36. The van der Waals surface area contributed by atoms with Gasteiger partial charge in [-0.3, -0.25) is 4.79 Å². The average Bonchev–Trinajstić information content (AvgIpc) is 2.82. The van der Waals surface area contributed by atoms with Crippen LogP contribution in [0.1, 0.15) is 26.7 Å². The summed E-state index contributed by atoms with van der Waals surface area (Å²) < 4.78 is 100. The summed E-state index contributed by atoms with van der Waals surface area (Å²) in [6, 6.07) is 7.32. The highest BCUT2D eigenvalue weighted by Gasteiger charge is 2.36. The molecular weight excluding hydrogens is 523 g/mol. The lowest BCUT2D eigenvalue weighted by molar-refractivity contribution is -0.274. The van der Waals surface area contributed by atoms with Gasteiger partial charge in [0.2, 0.25) is 15.9 Å². The van der Waals surface area contributed by atoms with Gasteiger partial charge in [-0.2, -0.15) is 4.31 Å². The van der Waals surface area contributed by atoms with Crippen molar-refractivity contribution in [1.29, 1.82) is 0 Å². The van der Waals surface area contributed by atoms with E-state index in [4.69, 9.17) is 4.74 Å². The van der Waals surface area contributed by atoms with E-state index in [0.29, 0.717) is 12.8 Å². The molecule has 0 saturated carbocycles. The Hall–Kier alpha value is -2.93. The van der Waals surface area contributed by atoms with Crippen molar-refractivity contribution < 1.29 is 44.6 Å². The highest BCUT2D eigenvalue weighted by Crippen LogP contribution is 2.29. The summed E-state index contributed by atoms with van der Waals surface area (Å²) in [7, 11) is -3.98.